The summed E-state index contributed by atoms with van der Waals surface area (Å²) in [7, 11) is 0. The predicted octanol–water partition coefficient (Wildman–Crippen LogP) is 4.32. The summed E-state index contributed by atoms with van der Waals surface area (Å²) in [6.45, 7) is 5.04. The van der Waals surface area contributed by atoms with Crippen molar-refractivity contribution >= 4 is 55.4 Å². The number of hydrogen-bond acceptors (Lipinski definition) is 8. The van der Waals surface area contributed by atoms with E-state index in [0.29, 0.717) is 17.4 Å². The Morgan fingerprint density at radius 3 is 2.84 bits per heavy atom. The Bertz CT molecular complexity index is 1150. The Hall–Kier alpha value is -2.56. The van der Waals surface area contributed by atoms with Crippen LogP contribution in [-0.2, 0) is 4.74 Å². The second kappa shape index (κ2) is 9.93. The fourth-order valence-corrected chi connectivity index (χ4v) is 5.60. The number of carbonyl (C=O) groups excluding carboxylic acids is 2. The highest BCUT2D eigenvalue weighted by atomic mass is 79.9. The minimum Gasteiger partial charge on any atom is -0.373 e. The van der Waals surface area contributed by atoms with Gasteiger partial charge in [0.1, 0.15) is 5.69 Å². The number of piperidine rings is 1. The third-order valence-corrected chi connectivity index (χ3v) is 7.10. The van der Waals surface area contributed by atoms with Crippen molar-refractivity contribution in [2.45, 2.75) is 32.2 Å². The van der Waals surface area contributed by atoms with Crippen LogP contribution in [0.15, 0.2) is 34.9 Å². The van der Waals surface area contributed by atoms with Gasteiger partial charge in [0.15, 0.2) is 0 Å². The van der Waals surface area contributed by atoms with Crippen LogP contribution in [-0.4, -0.2) is 47.7 Å². The number of nitrogens with zero attached hydrogens (tertiary/aromatic N) is 3. The fraction of sp³-hybridized carbons (Fsp3) is 0.364. The summed E-state index contributed by atoms with van der Waals surface area (Å²) in [6, 6.07) is 7.58. The van der Waals surface area contributed by atoms with E-state index in [0.717, 1.165) is 58.6 Å². The molecular formula is C22H24BrN5O3S. The largest absolute Gasteiger partial charge is 0.412 e. The van der Waals surface area contributed by atoms with E-state index in [4.69, 9.17) is 10.7 Å². The number of amides is 1. The number of halogens is 1. The number of carbonyl (C=O) groups is 2. The number of anilines is 1. The summed E-state index contributed by atoms with van der Waals surface area (Å²) in [5.41, 5.74) is 6.06. The molecule has 0 bridgehead atoms. The molecule has 4 rings (SSSR count). The van der Waals surface area contributed by atoms with E-state index in [-0.39, 0.29) is 5.56 Å². The number of aromatic nitrogens is 2. The van der Waals surface area contributed by atoms with Gasteiger partial charge in [-0.05, 0) is 66.5 Å². The molecule has 3 heterocycles. The second-order valence-electron chi connectivity index (χ2n) is 7.58. The Morgan fingerprint density at radius 2 is 2.12 bits per heavy atom. The van der Waals surface area contributed by atoms with Crippen molar-refractivity contribution in [2.24, 2.45) is 5.73 Å². The number of thiophene rings is 1. The molecule has 0 aliphatic carbocycles. The first-order valence-electron chi connectivity index (χ1n) is 10.5. The van der Waals surface area contributed by atoms with Crippen LogP contribution in [0.5, 0.6) is 0 Å². The smallest absolute Gasteiger partial charge is 0.373 e. The molecule has 0 spiro atoms. The van der Waals surface area contributed by atoms with Crippen molar-refractivity contribution in [2.75, 3.05) is 24.5 Å². The van der Waals surface area contributed by atoms with Gasteiger partial charge >= 0.3 is 12.1 Å². The van der Waals surface area contributed by atoms with Crippen molar-refractivity contribution in [3.05, 3.63) is 40.5 Å². The number of rotatable bonds is 6. The molecule has 0 unspecified atom stereocenters. The van der Waals surface area contributed by atoms with Crippen molar-refractivity contribution in [3.8, 4) is 10.6 Å². The molecule has 10 heteroatoms. The molecule has 0 atom stereocenters. The van der Waals surface area contributed by atoms with Crippen LogP contribution in [0.25, 0.3) is 20.7 Å². The van der Waals surface area contributed by atoms with Crippen LogP contribution in [0, 0.1) is 0 Å². The monoisotopic (exact) mass is 517 g/mol. The molecule has 3 N–H and O–H groups in total. The van der Waals surface area contributed by atoms with Gasteiger partial charge in [-0.15, -0.1) is 11.3 Å². The number of primary amides is 1. The zero-order valence-electron chi connectivity index (χ0n) is 17.6. The molecular weight excluding hydrogens is 494 g/mol. The highest BCUT2D eigenvalue weighted by Crippen LogP contribution is 2.38. The third-order valence-electron chi connectivity index (χ3n) is 5.41. The average Bonchev–Trinajstić information content (AvgIpc) is 3.22. The van der Waals surface area contributed by atoms with Gasteiger partial charge in [-0.3, -0.25) is 0 Å². The van der Waals surface area contributed by atoms with Gasteiger partial charge in [0, 0.05) is 28.9 Å². The zero-order chi connectivity index (χ0) is 22.7. The summed E-state index contributed by atoms with van der Waals surface area (Å²) >= 11 is 5.10. The van der Waals surface area contributed by atoms with Crippen LogP contribution in [0.2, 0.25) is 0 Å². The highest BCUT2D eigenvalue weighted by molar-refractivity contribution is 9.10. The maximum absolute atomic E-state index is 12.3. The normalized spacial score (nSPS) is 14.4. The number of hydrogen-bond donors (Lipinski definition) is 2. The maximum atomic E-state index is 12.3. The Labute approximate surface area is 198 Å². The van der Waals surface area contributed by atoms with Crippen LogP contribution < -0.4 is 16.0 Å². The Kier molecular flexibility index (Phi) is 7.02. The third kappa shape index (κ3) is 4.77. The standard InChI is InChI=1S/C22H24BrN5O3S/c1-2-10-28(13-6-8-25-9-7-13)22-26-12-16(23)19(27-22)18-11-15-14(20(29)31-21(24)30)4-3-5-17(15)32-18/h3-5,11-13,25H,2,6-10H2,1H3,(H2,24,30). The fourth-order valence-electron chi connectivity index (χ4n) is 3.98. The average molecular weight is 518 g/mol. The molecule has 32 heavy (non-hydrogen) atoms. The van der Waals surface area contributed by atoms with Crippen LogP contribution in [0.4, 0.5) is 10.7 Å². The van der Waals surface area contributed by atoms with E-state index in [2.05, 4.69) is 42.8 Å². The van der Waals surface area contributed by atoms with Crippen molar-refractivity contribution < 1.29 is 14.3 Å². The molecule has 1 fully saturated rings. The molecule has 8 nitrogen and oxygen atoms in total. The lowest BCUT2D eigenvalue weighted by Crippen LogP contribution is -2.44. The molecule has 3 aromatic rings. The van der Waals surface area contributed by atoms with Gasteiger partial charge in [-0.25, -0.2) is 19.6 Å². The molecule has 1 aliphatic rings. The Balaban J connectivity index is 1.73. The molecule has 1 amide bonds. The van der Waals surface area contributed by atoms with Gasteiger partial charge in [0.25, 0.3) is 0 Å². The molecule has 1 aromatic carbocycles. The number of esters is 1. The molecule has 2 aromatic heterocycles. The minimum atomic E-state index is -1.13. The topological polar surface area (TPSA) is 110 Å². The Morgan fingerprint density at radius 1 is 1.34 bits per heavy atom. The SMILES string of the molecule is CCCN(c1ncc(Br)c(-c2cc3c(C(=O)OC(N)=O)cccc3s2)n1)C1CCNCC1. The number of fused-ring (bicyclic) bond motifs is 1. The van der Waals surface area contributed by atoms with Crippen molar-refractivity contribution in [3.63, 3.8) is 0 Å². The van der Waals surface area contributed by atoms with Gasteiger partial charge in [-0.2, -0.15) is 0 Å². The predicted molar refractivity (Wildman–Crippen MR) is 129 cm³/mol. The van der Waals surface area contributed by atoms with Crippen LogP contribution >= 0.6 is 27.3 Å². The summed E-state index contributed by atoms with van der Waals surface area (Å²) in [5.74, 6) is -0.0577. The second-order valence-corrected chi connectivity index (χ2v) is 9.52. The lowest BCUT2D eigenvalue weighted by Gasteiger charge is -2.34. The van der Waals surface area contributed by atoms with Crippen LogP contribution in [0.1, 0.15) is 36.5 Å². The van der Waals surface area contributed by atoms with Crippen molar-refractivity contribution in [1.82, 2.24) is 15.3 Å². The number of nitrogens with one attached hydrogen (secondary N) is 1. The van der Waals surface area contributed by atoms with E-state index in [1.165, 1.54) is 11.3 Å². The quantitative estimate of drug-likeness (QED) is 0.369. The molecule has 1 aliphatic heterocycles. The summed E-state index contributed by atoms with van der Waals surface area (Å²) in [6.07, 6.45) is 3.78. The molecule has 0 radical (unpaired) electrons. The number of nitrogens with two attached hydrogens (primary N) is 1. The summed E-state index contributed by atoms with van der Waals surface area (Å²) < 4.78 is 6.24. The number of ether oxygens (including phenoxy) is 1. The molecule has 0 saturated carbocycles. The van der Waals surface area contributed by atoms with Gasteiger partial charge in [-0.1, -0.05) is 13.0 Å². The molecule has 1 saturated heterocycles. The number of benzene rings is 1. The van der Waals surface area contributed by atoms with Crippen molar-refractivity contribution in [1.29, 1.82) is 0 Å². The van der Waals surface area contributed by atoms with E-state index < -0.39 is 12.1 Å². The lowest BCUT2D eigenvalue weighted by atomic mass is 10.0. The zero-order valence-corrected chi connectivity index (χ0v) is 20.0. The van der Waals surface area contributed by atoms with E-state index in [9.17, 15) is 9.59 Å². The molecule has 168 valence electrons. The van der Waals surface area contributed by atoms with E-state index in [1.54, 1.807) is 18.3 Å². The first-order valence-corrected chi connectivity index (χ1v) is 12.1. The van der Waals surface area contributed by atoms with Gasteiger partial charge in [0.2, 0.25) is 5.95 Å². The summed E-state index contributed by atoms with van der Waals surface area (Å²) in [5, 5.41) is 4.10. The van der Waals surface area contributed by atoms with Crippen LogP contribution in [0.3, 0.4) is 0 Å². The minimum absolute atomic E-state index is 0.288. The highest BCUT2D eigenvalue weighted by Gasteiger charge is 2.24. The van der Waals surface area contributed by atoms with E-state index in [1.807, 2.05) is 12.1 Å². The lowest BCUT2D eigenvalue weighted by molar-refractivity contribution is 0.0640. The first kappa shape index (κ1) is 22.6. The first-order chi connectivity index (χ1) is 15.5. The summed E-state index contributed by atoms with van der Waals surface area (Å²) in [4.78, 5) is 36.1. The maximum Gasteiger partial charge on any atom is 0.412 e. The van der Waals surface area contributed by atoms with Gasteiger partial charge in [0.05, 0.1) is 14.9 Å². The van der Waals surface area contributed by atoms with E-state index >= 15 is 0 Å². The van der Waals surface area contributed by atoms with Gasteiger partial charge < -0.3 is 20.7 Å².